The third kappa shape index (κ3) is 2.27. The Labute approximate surface area is 139 Å². The largest absolute Gasteiger partial charge is 0.508 e. The Kier molecular flexibility index (Phi) is 4.63. The minimum Gasteiger partial charge on any atom is -0.508 e. The van der Waals surface area contributed by atoms with Crippen LogP contribution in [0.15, 0.2) is 30.9 Å². The van der Waals surface area contributed by atoms with Crippen molar-refractivity contribution >= 4 is 12.4 Å². The summed E-state index contributed by atoms with van der Waals surface area (Å²) in [5.74, 6) is 0.421. The lowest BCUT2D eigenvalue weighted by molar-refractivity contribution is -0.235. The van der Waals surface area contributed by atoms with Gasteiger partial charge in [-0.05, 0) is 35.4 Å². The fraction of sp³-hybridized carbons (Fsp3) is 0.556. The molecule has 22 heavy (non-hydrogen) atoms. The highest BCUT2D eigenvalue weighted by Crippen LogP contribution is 2.57. The van der Waals surface area contributed by atoms with E-state index in [-0.39, 0.29) is 29.3 Å². The first-order valence-corrected chi connectivity index (χ1v) is 7.73. The molecule has 0 aromatic heterocycles. The maximum Gasteiger partial charge on any atom is 0.119 e. The Morgan fingerprint density at radius 2 is 2.14 bits per heavy atom. The SMILES string of the molecule is C=CCON1CCC2(C)c3cccc(O)c3C[C@@H]1C2(C)C.Cl. The molecule has 1 N–H and O–H groups in total. The molecule has 0 saturated carbocycles. The quantitative estimate of drug-likeness (QED) is 0.858. The minimum atomic E-state index is 0. The summed E-state index contributed by atoms with van der Waals surface area (Å²) in [5, 5.41) is 12.4. The van der Waals surface area contributed by atoms with Gasteiger partial charge in [0.1, 0.15) is 5.75 Å². The molecule has 2 bridgehead atoms. The molecule has 3 rings (SSSR count). The van der Waals surface area contributed by atoms with Gasteiger partial charge in [-0.2, -0.15) is 5.06 Å². The Morgan fingerprint density at radius 3 is 2.82 bits per heavy atom. The number of hydrogen-bond donors (Lipinski definition) is 1. The Bertz CT molecular complexity index is 572. The molecule has 2 atom stereocenters. The van der Waals surface area contributed by atoms with Crippen LogP contribution in [0.5, 0.6) is 5.75 Å². The van der Waals surface area contributed by atoms with Gasteiger partial charge < -0.3 is 5.11 Å². The van der Waals surface area contributed by atoms with Crippen molar-refractivity contribution in [1.82, 2.24) is 5.06 Å². The van der Waals surface area contributed by atoms with Crippen LogP contribution in [0.2, 0.25) is 0 Å². The number of halogens is 1. The zero-order valence-electron chi connectivity index (χ0n) is 13.6. The third-order valence-corrected chi connectivity index (χ3v) is 5.94. The van der Waals surface area contributed by atoms with E-state index in [1.165, 1.54) is 5.56 Å². The second-order valence-electron chi connectivity index (χ2n) is 7.05. The van der Waals surface area contributed by atoms with Gasteiger partial charge >= 0.3 is 0 Å². The van der Waals surface area contributed by atoms with Gasteiger partial charge in [0.15, 0.2) is 0 Å². The summed E-state index contributed by atoms with van der Waals surface area (Å²) < 4.78 is 0. The molecule has 3 nitrogen and oxygen atoms in total. The van der Waals surface area contributed by atoms with Gasteiger partial charge in [-0.1, -0.05) is 39.0 Å². The highest BCUT2D eigenvalue weighted by atomic mass is 35.5. The van der Waals surface area contributed by atoms with Crippen molar-refractivity contribution in [3.63, 3.8) is 0 Å². The summed E-state index contributed by atoms with van der Waals surface area (Å²) in [5.41, 5.74) is 2.56. The number of hydrogen-bond acceptors (Lipinski definition) is 3. The van der Waals surface area contributed by atoms with E-state index < -0.39 is 0 Å². The second-order valence-corrected chi connectivity index (χ2v) is 7.05. The minimum absolute atomic E-state index is 0. The number of phenolic OH excluding ortho intramolecular Hbond substituents is 1. The topological polar surface area (TPSA) is 32.7 Å². The zero-order chi connectivity index (χ0) is 15.3. The predicted octanol–water partition coefficient (Wildman–Crippen LogP) is 3.85. The van der Waals surface area contributed by atoms with Crippen LogP contribution in [0.1, 0.15) is 38.3 Å². The fourth-order valence-corrected chi connectivity index (χ4v) is 4.18. The van der Waals surface area contributed by atoms with E-state index in [4.69, 9.17) is 4.84 Å². The number of benzene rings is 1. The van der Waals surface area contributed by atoms with Gasteiger partial charge in [-0.3, -0.25) is 4.84 Å². The molecule has 0 amide bonds. The molecule has 1 fully saturated rings. The molecule has 1 aliphatic carbocycles. The molecule has 122 valence electrons. The van der Waals surface area contributed by atoms with Crippen LogP contribution in [0.4, 0.5) is 0 Å². The Hall–Kier alpha value is -1.03. The van der Waals surface area contributed by atoms with Crippen LogP contribution < -0.4 is 0 Å². The third-order valence-electron chi connectivity index (χ3n) is 5.94. The monoisotopic (exact) mass is 323 g/mol. The van der Waals surface area contributed by atoms with E-state index in [1.807, 2.05) is 6.07 Å². The van der Waals surface area contributed by atoms with Gasteiger partial charge in [-0.25, -0.2) is 0 Å². The van der Waals surface area contributed by atoms with E-state index in [9.17, 15) is 5.11 Å². The van der Waals surface area contributed by atoms with Crippen LogP contribution in [0.25, 0.3) is 0 Å². The molecule has 1 saturated heterocycles. The normalized spacial score (nSPS) is 29.3. The molecule has 1 unspecified atom stereocenters. The molecule has 1 aromatic carbocycles. The number of hydroxylamine groups is 2. The first-order chi connectivity index (χ1) is 9.91. The number of phenols is 1. The summed E-state index contributed by atoms with van der Waals surface area (Å²) in [6.07, 6.45) is 3.65. The van der Waals surface area contributed by atoms with E-state index in [2.05, 4.69) is 38.5 Å². The average molecular weight is 324 g/mol. The van der Waals surface area contributed by atoms with Gasteiger partial charge in [0, 0.05) is 18.0 Å². The van der Waals surface area contributed by atoms with Crippen molar-refractivity contribution in [2.45, 2.75) is 45.1 Å². The van der Waals surface area contributed by atoms with E-state index >= 15 is 0 Å². The summed E-state index contributed by atoms with van der Waals surface area (Å²) >= 11 is 0. The van der Waals surface area contributed by atoms with Crippen LogP contribution in [-0.4, -0.2) is 29.4 Å². The standard InChI is InChI=1S/C18H25NO2.ClH/c1-5-11-21-19-10-9-18(4)14-7-6-8-15(20)13(14)12-16(19)17(18,2)3;/h5-8,16,20H,1,9-12H2,2-4H3;1H/t16-,18?;/m1./s1. The predicted molar refractivity (Wildman–Crippen MR) is 91.5 cm³/mol. The number of aromatic hydroxyl groups is 1. The Morgan fingerprint density at radius 1 is 1.41 bits per heavy atom. The summed E-state index contributed by atoms with van der Waals surface area (Å²) in [7, 11) is 0. The van der Waals surface area contributed by atoms with Crippen molar-refractivity contribution in [2.75, 3.05) is 13.2 Å². The van der Waals surface area contributed by atoms with Gasteiger partial charge in [0.05, 0.1) is 6.61 Å². The number of fused-ring (bicyclic) bond motifs is 4. The van der Waals surface area contributed by atoms with Crippen LogP contribution in [0, 0.1) is 5.41 Å². The van der Waals surface area contributed by atoms with E-state index in [0.717, 1.165) is 24.9 Å². The maximum atomic E-state index is 10.3. The summed E-state index contributed by atoms with van der Waals surface area (Å²) in [6.45, 7) is 12.2. The number of rotatable bonds is 3. The maximum absolute atomic E-state index is 10.3. The molecule has 1 aromatic rings. The number of nitrogens with zero attached hydrogens (tertiary/aromatic N) is 1. The molecule has 0 radical (unpaired) electrons. The second kappa shape index (κ2) is 5.88. The lowest BCUT2D eigenvalue weighted by Gasteiger charge is -2.60. The van der Waals surface area contributed by atoms with Gasteiger partial charge in [0.25, 0.3) is 0 Å². The summed E-state index contributed by atoms with van der Waals surface area (Å²) in [6, 6.07) is 6.23. The molecule has 2 aliphatic rings. The van der Waals surface area contributed by atoms with Crippen molar-refractivity contribution in [3.8, 4) is 5.75 Å². The first-order valence-electron chi connectivity index (χ1n) is 7.73. The van der Waals surface area contributed by atoms with Crippen LogP contribution in [0.3, 0.4) is 0 Å². The first kappa shape index (κ1) is 17.3. The van der Waals surface area contributed by atoms with Crippen LogP contribution in [-0.2, 0) is 16.7 Å². The Balaban J connectivity index is 0.00000176. The molecule has 4 heteroatoms. The van der Waals surface area contributed by atoms with Gasteiger partial charge in [0.2, 0.25) is 0 Å². The molecular weight excluding hydrogens is 298 g/mol. The molecule has 1 heterocycles. The average Bonchev–Trinajstić information content (AvgIpc) is 2.43. The molecule has 1 aliphatic heterocycles. The molecule has 0 spiro atoms. The lowest BCUT2D eigenvalue weighted by Crippen LogP contribution is -2.63. The van der Waals surface area contributed by atoms with Crippen molar-refractivity contribution in [1.29, 1.82) is 0 Å². The highest BCUT2D eigenvalue weighted by molar-refractivity contribution is 5.85. The van der Waals surface area contributed by atoms with E-state index in [0.29, 0.717) is 12.4 Å². The van der Waals surface area contributed by atoms with Crippen LogP contribution >= 0.6 is 12.4 Å². The highest BCUT2D eigenvalue weighted by Gasteiger charge is 2.56. The van der Waals surface area contributed by atoms with Crippen molar-refractivity contribution < 1.29 is 9.94 Å². The lowest BCUT2D eigenvalue weighted by atomic mass is 9.51. The molecular formula is C18H26ClNO2. The van der Waals surface area contributed by atoms with Crippen molar-refractivity contribution in [3.05, 3.63) is 42.0 Å². The number of piperidine rings is 1. The zero-order valence-corrected chi connectivity index (χ0v) is 14.4. The van der Waals surface area contributed by atoms with Crippen molar-refractivity contribution in [2.24, 2.45) is 5.41 Å². The fourth-order valence-electron chi connectivity index (χ4n) is 4.18. The summed E-state index contributed by atoms with van der Waals surface area (Å²) in [4.78, 5) is 5.89. The van der Waals surface area contributed by atoms with E-state index in [1.54, 1.807) is 12.1 Å². The van der Waals surface area contributed by atoms with Gasteiger partial charge in [-0.15, -0.1) is 19.0 Å². The smallest absolute Gasteiger partial charge is 0.119 e.